The first-order valence-corrected chi connectivity index (χ1v) is 7.91. The third-order valence-corrected chi connectivity index (χ3v) is 3.63. The topological polar surface area (TPSA) is 49.8 Å². The van der Waals surface area contributed by atoms with Gasteiger partial charge in [0, 0.05) is 25.6 Å². The van der Waals surface area contributed by atoms with Crippen molar-refractivity contribution in [2.45, 2.75) is 59.3 Å². The van der Waals surface area contributed by atoms with Crippen molar-refractivity contribution in [2.24, 2.45) is 5.92 Å². The minimum absolute atomic E-state index is 0.339. The number of nitrogens with one attached hydrogen (secondary N) is 2. The highest BCUT2D eigenvalue weighted by atomic mass is 15.1. The molecular weight excluding hydrogens is 248 g/mol. The van der Waals surface area contributed by atoms with Gasteiger partial charge in [0.15, 0.2) is 0 Å². The highest BCUT2D eigenvalue weighted by Crippen LogP contribution is 2.18. The molecule has 1 aromatic heterocycles. The molecule has 1 aromatic rings. The summed E-state index contributed by atoms with van der Waals surface area (Å²) in [5.41, 5.74) is 0. The van der Waals surface area contributed by atoms with E-state index in [1.807, 2.05) is 13.1 Å². The number of rotatable bonds is 9. The van der Waals surface area contributed by atoms with Gasteiger partial charge in [-0.25, -0.2) is 9.97 Å². The number of hydrogen-bond acceptors (Lipinski definition) is 4. The maximum Gasteiger partial charge on any atom is 0.135 e. The molecule has 1 rings (SSSR count). The maximum absolute atomic E-state index is 4.61. The lowest BCUT2D eigenvalue weighted by molar-refractivity contribution is 0.472. The Morgan fingerprint density at radius 3 is 2.40 bits per heavy atom. The van der Waals surface area contributed by atoms with Crippen molar-refractivity contribution in [3.05, 3.63) is 11.9 Å². The third-order valence-electron chi connectivity index (χ3n) is 3.63. The molecule has 1 heterocycles. The zero-order valence-electron chi connectivity index (χ0n) is 13.7. The van der Waals surface area contributed by atoms with Crippen molar-refractivity contribution in [3.8, 4) is 0 Å². The summed E-state index contributed by atoms with van der Waals surface area (Å²) in [5, 5.41) is 6.59. The van der Waals surface area contributed by atoms with Gasteiger partial charge in [0.2, 0.25) is 0 Å². The van der Waals surface area contributed by atoms with E-state index in [0.29, 0.717) is 5.92 Å². The highest BCUT2D eigenvalue weighted by molar-refractivity contribution is 5.47. The van der Waals surface area contributed by atoms with E-state index in [-0.39, 0.29) is 0 Å². The zero-order valence-corrected chi connectivity index (χ0v) is 13.7. The van der Waals surface area contributed by atoms with Crippen LogP contribution in [-0.4, -0.2) is 23.6 Å². The van der Waals surface area contributed by atoms with Gasteiger partial charge in [-0.15, -0.1) is 0 Å². The molecule has 0 fully saturated rings. The smallest absolute Gasteiger partial charge is 0.135 e. The lowest BCUT2D eigenvalue weighted by Crippen LogP contribution is -2.15. The average Bonchev–Trinajstić information content (AvgIpc) is 2.47. The summed E-state index contributed by atoms with van der Waals surface area (Å²) in [6, 6.07) is 1.98. The molecule has 1 unspecified atom stereocenters. The van der Waals surface area contributed by atoms with Gasteiger partial charge in [-0.1, -0.05) is 47.0 Å². The Morgan fingerprint density at radius 2 is 1.85 bits per heavy atom. The van der Waals surface area contributed by atoms with Crippen molar-refractivity contribution >= 4 is 11.6 Å². The first-order chi connectivity index (χ1) is 9.60. The summed E-state index contributed by atoms with van der Waals surface area (Å²) in [6.45, 7) is 9.75. The van der Waals surface area contributed by atoms with Gasteiger partial charge >= 0.3 is 0 Å². The Labute approximate surface area is 123 Å². The van der Waals surface area contributed by atoms with Crippen molar-refractivity contribution in [2.75, 3.05) is 24.2 Å². The molecule has 4 nitrogen and oxygen atoms in total. The Bertz CT molecular complexity index is 390. The molecule has 0 saturated heterocycles. The van der Waals surface area contributed by atoms with Gasteiger partial charge in [-0.3, -0.25) is 0 Å². The molecule has 0 aliphatic carbocycles. The summed E-state index contributed by atoms with van der Waals surface area (Å²) >= 11 is 0. The Morgan fingerprint density at radius 1 is 1.15 bits per heavy atom. The average molecular weight is 278 g/mol. The zero-order chi connectivity index (χ0) is 15.0. The highest BCUT2D eigenvalue weighted by Gasteiger charge is 2.09. The van der Waals surface area contributed by atoms with Crippen LogP contribution in [0.3, 0.4) is 0 Å². The number of unbranched alkanes of at least 4 members (excludes halogenated alkanes) is 1. The standard InChI is InChI=1S/C16H30N4/c1-6-8-9-13(7-2)11-18-15-10-14(17-5)19-16(20-15)12(3)4/h10,12-13H,6-9,11H2,1-5H3,(H2,17,18,19,20). The minimum Gasteiger partial charge on any atom is -0.373 e. The number of aromatic nitrogens is 2. The Hall–Kier alpha value is -1.32. The summed E-state index contributed by atoms with van der Waals surface area (Å²) in [4.78, 5) is 9.09. The summed E-state index contributed by atoms with van der Waals surface area (Å²) in [5.74, 6) is 3.77. The van der Waals surface area contributed by atoms with Crippen molar-refractivity contribution in [1.82, 2.24) is 9.97 Å². The van der Waals surface area contributed by atoms with E-state index in [1.54, 1.807) is 0 Å². The SMILES string of the molecule is CCCCC(CC)CNc1cc(NC)nc(C(C)C)n1. The predicted octanol–water partition coefficient (Wildman–Crippen LogP) is 4.27. The maximum atomic E-state index is 4.61. The predicted molar refractivity (Wildman–Crippen MR) is 87.5 cm³/mol. The van der Waals surface area contributed by atoms with Crippen LogP contribution < -0.4 is 10.6 Å². The summed E-state index contributed by atoms with van der Waals surface area (Å²) < 4.78 is 0. The van der Waals surface area contributed by atoms with E-state index in [4.69, 9.17) is 0 Å². The molecule has 0 radical (unpaired) electrons. The first-order valence-electron chi connectivity index (χ1n) is 7.91. The molecule has 0 spiro atoms. The second-order valence-electron chi connectivity index (χ2n) is 5.70. The van der Waals surface area contributed by atoms with Crippen molar-refractivity contribution in [3.63, 3.8) is 0 Å². The van der Waals surface area contributed by atoms with Crippen molar-refractivity contribution in [1.29, 1.82) is 0 Å². The lowest BCUT2D eigenvalue weighted by Gasteiger charge is -2.17. The third kappa shape index (κ3) is 5.35. The second-order valence-corrected chi connectivity index (χ2v) is 5.70. The molecule has 20 heavy (non-hydrogen) atoms. The van der Waals surface area contributed by atoms with Crippen LogP contribution in [0.4, 0.5) is 11.6 Å². The van der Waals surface area contributed by atoms with Crippen LogP contribution in [-0.2, 0) is 0 Å². The van der Waals surface area contributed by atoms with Crippen LogP contribution in [0.2, 0.25) is 0 Å². The van der Waals surface area contributed by atoms with Gasteiger partial charge in [-0.05, 0) is 12.3 Å². The van der Waals surface area contributed by atoms with Gasteiger partial charge in [-0.2, -0.15) is 0 Å². The molecule has 0 aliphatic heterocycles. The van der Waals surface area contributed by atoms with E-state index in [1.165, 1.54) is 25.7 Å². The monoisotopic (exact) mass is 278 g/mol. The molecular formula is C16H30N4. The first kappa shape index (κ1) is 16.7. The minimum atomic E-state index is 0.339. The normalized spacial score (nSPS) is 12.5. The van der Waals surface area contributed by atoms with Crippen LogP contribution in [0.15, 0.2) is 6.07 Å². The molecule has 0 aliphatic rings. The molecule has 114 valence electrons. The summed E-state index contributed by atoms with van der Waals surface area (Å²) in [6.07, 6.45) is 5.09. The molecule has 0 amide bonds. The van der Waals surface area contributed by atoms with Crippen LogP contribution in [0.5, 0.6) is 0 Å². The summed E-state index contributed by atoms with van der Waals surface area (Å²) in [7, 11) is 1.90. The fourth-order valence-electron chi connectivity index (χ4n) is 2.13. The second kappa shape index (κ2) is 8.77. The Kier molecular flexibility index (Phi) is 7.34. The van der Waals surface area contributed by atoms with E-state index in [2.05, 4.69) is 48.3 Å². The molecule has 0 bridgehead atoms. The molecule has 0 saturated carbocycles. The van der Waals surface area contributed by atoms with E-state index < -0.39 is 0 Å². The van der Waals surface area contributed by atoms with Gasteiger partial charge in [0.1, 0.15) is 17.5 Å². The molecule has 1 atom stereocenters. The van der Waals surface area contributed by atoms with Crippen LogP contribution in [0, 0.1) is 5.92 Å². The van der Waals surface area contributed by atoms with E-state index in [0.717, 1.165) is 29.9 Å². The number of nitrogens with zero attached hydrogens (tertiary/aromatic N) is 2. The molecule has 2 N–H and O–H groups in total. The number of hydrogen-bond donors (Lipinski definition) is 2. The lowest BCUT2D eigenvalue weighted by atomic mass is 9.99. The Balaban J connectivity index is 2.68. The van der Waals surface area contributed by atoms with E-state index in [9.17, 15) is 0 Å². The van der Waals surface area contributed by atoms with Crippen LogP contribution >= 0.6 is 0 Å². The number of anilines is 2. The van der Waals surface area contributed by atoms with Gasteiger partial charge in [0.05, 0.1) is 0 Å². The fraction of sp³-hybridized carbons (Fsp3) is 0.750. The van der Waals surface area contributed by atoms with Crippen LogP contribution in [0.1, 0.15) is 65.1 Å². The fourth-order valence-corrected chi connectivity index (χ4v) is 2.13. The largest absolute Gasteiger partial charge is 0.373 e. The van der Waals surface area contributed by atoms with Gasteiger partial charge in [0.25, 0.3) is 0 Å². The van der Waals surface area contributed by atoms with Crippen LogP contribution in [0.25, 0.3) is 0 Å². The van der Waals surface area contributed by atoms with Crippen molar-refractivity contribution < 1.29 is 0 Å². The van der Waals surface area contributed by atoms with E-state index >= 15 is 0 Å². The molecule has 0 aromatic carbocycles. The quantitative estimate of drug-likeness (QED) is 0.708. The molecule has 4 heteroatoms. The van der Waals surface area contributed by atoms with Gasteiger partial charge < -0.3 is 10.6 Å².